The maximum atomic E-state index is 12.3. The van der Waals surface area contributed by atoms with Crippen LogP contribution in [0, 0.1) is 13.8 Å². The lowest BCUT2D eigenvalue weighted by Gasteiger charge is -2.13. The van der Waals surface area contributed by atoms with Crippen molar-refractivity contribution in [2.24, 2.45) is 0 Å². The molecule has 114 valence electrons. The van der Waals surface area contributed by atoms with Crippen LogP contribution in [0.1, 0.15) is 38.1 Å². The molecule has 0 amide bonds. The van der Waals surface area contributed by atoms with Crippen LogP contribution in [0.15, 0.2) is 4.90 Å². The Morgan fingerprint density at radius 3 is 2.55 bits per heavy atom. The van der Waals surface area contributed by atoms with E-state index in [9.17, 15) is 13.2 Å². The minimum Gasteiger partial charge on any atom is -0.480 e. The van der Waals surface area contributed by atoms with Gasteiger partial charge in [0.1, 0.15) is 11.4 Å². The van der Waals surface area contributed by atoms with Crippen LogP contribution in [0.3, 0.4) is 0 Å². The van der Waals surface area contributed by atoms with E-state index < -0.39 is 16.0 Å². The molecule has 1 atom stereocenters. The van der Waals surface area contributed by atoms with Gasteiger partial charge in [-0.1, -0.05) is 13.3 Å². The summed E-state index contributed by atoms with van der Waals surface area (Å²) in [6.07, 6.45) is 1.61. The molecule has 1 heterocycles. The minimum absolute atomic E-state index is 0.0710. The first-order valence-electron chi connectivity index (χ1n) is 6.47. The summed E-state index contributed by atoms with van der Waals surface area (Å²) in [6, 6.07) is -0.174. The lowest BCUT2D eigenvalue weighted by Crippen LogP contribution is -2.33. The SMILES string of the molecule is CCCC(C)NS(=O)(=O)c1c(C)nn(CC(=O)O)c1C. The molecule has 0 aliphatic rings. The van der Waals surface area contributed by atoms with Gasteiger partial charge < -0.3 is 5.11 Å². The van der Waals surface area contributed by atoms with Crippen LogP contribution in [0.4, 0.5) is 0 Å². The van der Waals surface area contributed by atoms with Gasteiger partial charge in [-0.2, -0.15) is 5.10 Å². The summed E-state index contributed by atoms with van der Waals surface area (Å²) in [7, 11) is -3.68. The van der Waals surface area contributed by atoms with E-state index in [2.05, 4.69) is 9.82 Å². The van der Waals surface area contributed by atoms with E-state index in [4.69, 9.17) is 5.11 Å². The summed E-state index contributed by atoms with van der Waals surface area (Å²) in [4.78, 5) is 10.8. The number of nitrogens with zero attached hydrogens (tertiary/aromatic N) is 2. The van der Waals surface area contributed by atoms with Crippen LogP contribution >= 0.6 is 0 Å². The molecule has 1 rings (SSSR count). The Bertz CT molecular complexity index is 592. The van der Waals surface area contributed by atoms with Crippen LogP contribution in [0.25, 0.3) is 0 Å². The van der Waals surface area contributed by atoms with E-state index in [1.54, 1.807) is 20.8 Å². The first-order chi connectivity index (χ1) is 9.19. The van der Waals surface area contributed by atoms with Gasteiger partial charge in [0.05, 0.1) is 11.4 Å². The quantitative estimate of drug-likeness (QED) is 0.784. The molecule has 8 heteroatoms. The molecule has 0 saturated heterocycles. The molecule has 0 aliphatic carbocycles. The lowest BCUT2D eigenvalue weighted by atomic mass is 10.2. The lowest BCUT2D eigenvalue weighted by molar-refractivity contribution is -0.137. The fourth-order valence-electron chi connectivity index (χ4n) is 2.17. The molecule has 0 fully saturated rings. The minimum atomic E-state index is -3.68. The molecule has 0 aromatic carbocycles. The Hall–Kier alpha value is -1.41. The number of carboxylic acids is 1. The van der Waals surface area contributed by atoms with E-state index >= 15 is 0 Å². The van der Waals surface area contributed by atoms with Crippen molar-refractivity contribution < 1.29 is 18.3 Å². The second-order valence-corrected chi connectivity index (χ2v) is 6.51. The van der Waals surface area contributed by atoms with Crippen molar-refractivity contribution >= 4 is 16.0 Å². The highest BCUT2D eigenvalue weighted by Crippen LogP contribution is 2.20. The Labute approximate surface area is 119 Å². The van der Waals surface area contributed by atoms with Gasteiger partial charge >= 0.3 is 5.97 Å². The number of hydrogen-bond acceptors (Lipinski definition) is 4. The molecule has 1 unspecified atom stereocenters. The Morgan fingerprint density at radius 2 is 2.05 bits per heavy atom. The topological polar surface area (TPSA) is 101 Å². The molecule has 0 spiro atoms. The van der Waals surface area contributed by atoms with Crippen LogP contribution in [-0.2, 0) is 21.4 Å². The van der Waals surface area contributed by atoms with Crippen molar-refractivity contribution in [3.05, 3.63) is 11.4 Å². The normalized spacial score (nSPS) is 13.4. The molecular formula is C12H21N3O4S. The predicted octanol–water partition coefficient (Wildman–Crippen LogP) is 1.05. The first kappa shape index (κ1) is 16.6. The van der Waals surface area contributed by atoms with Gasteiger partial charge in [-0.05, 0) is 27.2 Å². The maximum absolute atomic E-state index is 12.3. The summed E-state index contributed by atoms with van der Waals surface area (Å²) < 4.78 is 28.5. The van der Waals surface area contributed by atoms with Crippen LogP contribution in [0.5, 0.6) is 0 Å². The Kier molecular flexibility index (Phi) is 5.29. The first-order valence-corrected chi connectivity index (χ1v) is 7.95. The fourth-order valence-corrected chi connectivity index (χ4v) is 3.86. The third-order valence-corrected chi connectivity index (χ3v) is 4.79. The average Bonchev–Trinajstić information content (AvgIpc) is 2.52. The molecule has 0 aliphatic heterocycles. The standard InChI is InChI=1S/C12H21N3O4S/c1-5-6-8(2)14-20(18,19)12-9(3)13-15(10(12)4)7-11(16)17/h8,14H,5-7H2,1-4H3,(H,16,17). The van der Waals surface area contributed by atoms with Crippen molar-refractivity contribution in [1.82, 2.24) is 14.5 Å². The number of carbonyl (C=O) groups is 1. The second kappa shape index (κ2) is 6.36. The third kappa shape index (κ3) is 3.80. The summed E-state index contributed by atoms with van der Waals surface area (Å²) >= 11 is 0. The number of sulfonamides is 1. The molecular weight excluding hydrogens is 282 g/mol. The van der Waals surface area contributed by atoms with Gasteiger partial charge in [0.15, 0.2) is 0 Å². The van der Waals surface area contributed by atoms with Crippen molar-refractivity contribution in [3.63, 3.8) is 0 Å². The van der Waals surface area contributed by atoms with Gasteiger partial charge in [-0.25, -0.2) is 13.1 Å². The third-order valence-electron chi connectivity index (χ3n) is 2.95. The number of hydrogen-bond donors (Lipinski definition) is 2. The zero-order chi connectivity index (χ0) is 15.5. The van der Waals surface area contributed by atoms with E-state index in [1.807, 2.05) is 6.92 Å². The zero-order valence-corrected chi connectivity index (χ0v) is 13.0. The summed E-state index contributed by atoms with van der Waals surface area (Å²) in [5.41, 5.74) is 0.640. The number of aryl methyl sites for hydroxylation is 1. The number of aromatic nitrogens is 2. The van der Waals surface area contributed by atoms with Crippen molar-refractivity contribution in [2.75, 3.05) is 0 Å². The molecule has 0 bridgehead atoms. The highest BCUT2D eigenvalue weighted by atomic mass is 32.2. The average molecular weight is 303 g/mol. The van der Waals surface area contributed by atoms with E-state index in [-0.39, 0.29) is 17.5 Å². The van der Waals surface area contributed by atoms with E-state index in [0.717, 1.165) is 12.8 Å². The van der Waals surface area contributed by atoms with Gasteiger partial charge in [0.2, 0.25) is 10.0 Å². The second-order valence-electron chi connectivity index (χ2n) is 4.86. The summed E-state index contributed by atoms with van der Waals surface area (Å²) in [6.45, 7) is 6.54. The summed E-state index contributed by atoms with van der Waals surface area (Å²) in [5, 5.41) is 12.8. The largest absolute Gasteiger partial charge is 0.480 e. The molecule has 20 heavy (non-hydrogen) atoms. The van der Waals surface area contributed by atoms with E-state index in [0.29, 0.717) is 11.4 Å². The number of rotatable bonds is 7. The molecule has 0 saturated carbocycles. The Balaban J connectivity index is 3.12. The smallest absolute Gasteiger partial charge is 0.325 e. The van der Waals surface area contributed by atoms with Crippen molar-refractivity contribution in [2.45, 2.75) is 58.0 Å². The van der Waals surface area contributed by atoms with Gasteiger partial charge in [0.25, 0.3) is 0 Å². The number of aliphatic carboxylic acids is 1. The van der Waals surface area contributed by atoms with Gasteiger partial charge in [0, 0.05) is 6.04 Å². The van der Waals surface area contributed by atoms with Gasteiger partial charge in [-0.3, -0.25) is 9.48 Å². The molecule has 0 radical (unpaired) electrons. The molecule has 2 N–H and O–H groups in total. The summed E-state index contributed by atoms with van der Waals surface area (Å²) in [5.74, 6) is -1.06. The fraction of sp³-hybridized carbons (Fsp3) is 0.667. The maximum Gasteiger partial charge on any atom is 0.325 e. The van der Waals surface area contributed by atoms with Crippen molar-refractivity contribution in [1.29, 1.82) is 0 Å². The number of nitrogens with one attached hydrogen (secondary N) is 1. The molecule has 7 nitrogen and oxygen atoms in total. The van der Waals surface area contributed by atoms with Crippen LogP contribution < -0.4 is 4.72 Å². The van der Waals surface area contributed by atoms with Crippen LogP contribution in [-0.4, -0.2) is 35.3 Å². The van der Waals surface area contributed by atoms with E-state index in [1.165, 1.54) is 4.68 Å². The Morgan fingerprint density at radius 1 is 1.45 bits per heavy atom. The monoisotopic (exact) mass is 303 g/mol. The van der Waals surface area contributed by atoms with Crippen LogP contribution in [0.2, 0.25) is 0 Å². The molecule has 1 aromatic rings. The van der Waals surface area contributed by atoms with Gasteiger partial charge in [-0.15, -0.1) is 0 Å². The highest BCUT2D eigenvalue weighted by molar-refractivity contribution is 7.89. The predicted molar refractivity (Wildman–Crippen MR) is 74.0 cm³/mol. The number of carboxylic acid groups (broad SMARTS) is 1. The van der Waals surface area contributed by atoms with Crippen molar-refractivity contribution in [3.8, 4) is 0 Å². The molecule has 1 aromatic heterocycles. The zero-order valence-electron chi connectivity index (χ0n) is 12.2. The highest BCUT2D eigenvalue weighted by Gasteiger charge is 2.26.